The van der Waals surface area contributed by atoms with Crippen LogP contribution in [0.3, 0.4) is 0 Å². The van der Waals surface area contributed by atoms with Gasteiger partial charge in [-0.1, -0.05) is 12.1 Å². The zero-order valence-electron chi connectivity index (χ0n) is 14.2. The van der Waals surface area contributed by atoms with Gasteiger partial charge in [-0.25, -0.2) is 4.98 Å². The molecule has 0 amide bonds. The SMILES string of the molecule is c1cc(CN2CCC[C@H](c3ncn[nH]3)C2)cc(OC2CCCC2)c1. The molecule has 1 aromatic heterocycles. The predicted molar refractivity (Wildman–Crippen MR) is 93.0 cm³/mol. The summed E-state index contributed by atoms with van der Waals surface area (Å²) >= 11 is 0. The number of rotatable bonds is 5. The van der Waals surface area contributed by atoms with Crippen LogP contribution in [0.4, 0.5) is 0 Å². The Bertz CT molecular complexity index is 637. The van der Waals surface area contributed by atoms with E-state index in [9.17, 15) is 0 Å². The molecule has 2 heterocycles. The Kier molecular flexibility index (Phi) is 4.78. The first-order chi connectivity index (χ1) is 11.9. The average molecular weight is 326 g/mol. The molecule has 1 saturated heterocycles. The maximum atomic E-state index is 6.14. The molecule has 2 aromatic rings. The van der Waals surface area contributed by atoms with Gasteiger partial charge < -0.3 is 4.74 Å². The Morgan fingerprint density at radius 3 is 2.92 bits per heavy atom. The molecule has 2 aliphatic rings. The molecule has 24 heavy (non-hydrogen) atoms. The van der Waals surface area contributed by atoms with Crippen LogP contribution in [0, 0.1) is 0 Å². The van der Waals surface area contributed by atoms with E-state index in [0.717, 1.165) is 31.2 Å². The van der Waals surface area contributed by atoms with Gasteiger partial charge in [0.15, 0.2) is 0 Å². The Balaban J connectivity index is 1.37. The van der Waals surface area contributed by atoms with Gasteiger partial charge in [-0.2, -0.15) is 5.10 Å². The lowest BCUT2D eigenvalue weighted by Gasteiger charge is -2.31. The van der Waals surface area contributed by atoms with Gasteiger partial charge in [0.2, 0.25) is 0 Å². The Hall–Kier alpha value is -1.88. The predicted octanol–water partition coefficient (Wildman–Crippen LogP) is 3.51. The number of nitrogens with one attached hydrogen (secondary N) is 1. The van der Waals surface area contributed by atoms with Crippen molar-refractivity contribution in [3.05, 3.63) is 42.0 Å². The fraction of sp³-hybridized carbons (Fsp3) is 0.579. The van der Waals surface area contributed by atoms with E-state index < -0.39 is 0 Å². The summed E-state index contributed by atoms with van der Waals surface area (Å²) in [5.74, 6) is 2.53. The molecular weight excluding hydrogens is 300 g/mol. The van der Waals surface area contributed by atoms with Crippen molar-refractivity contribution in [2.45, 2.75) is 57.1 Å². The van der Waals surface area contributed by atoms with Gasteiger partial charge in [0.25, 0.3) is 0 Å². The fourth-order valence-electron chi connectivity index (χ4n) is 4.01. The van der Waals surface area contributed by atoms with Crippen LogP contribution in [-0.2, 0) is 6.54 Å². The molecule has 1 atom stereocenters. The number of aromatic nitrogens is 3. The average Bonchev–Trinajstić information content (AvgIpc) is 3.29. The second kappa shape index (κ2) is 7.34. The third-order valence-corrected chi connectivity index (χ3v) is 5.24. The van der Waals surface area contributed by atoms with Crippen LogP contribution in [0.2, 0.25) is 0 Å². The number of aromatic amines is 1. The summed E-state index contributed by atoms with van der Waals surface area (Å²) in [7, 11) is 0. The fourth-order valence-corrected chi connectivity index (χ4v) is 4.01. The van der Waals surface area contributed by atoms with E-state index in [1.807, 2.05) is 0 Å². The second-order valence-electron chi connectivity index (χ2n) is 7.12. The van der Waals surface area contributed by atoms with Crippen LogP contribution in [0.15, 0.2) is 30.6 Å². The zero-order valence-corrected chi connectivity index (χ0v) is 14.2. The summed E-state index contributed by atoms with van der Waals surface area (Å²) < 4.78 is 6.14. The zero-order chi connectivity index (χ0) is 16.2. The van der Waals surface area contributed by atoms with E-state index in [1.165, 1.54) is 44.1 Å². The van der Waals surface area contributed by atoms with Gasteiger partial charge in [0, 0.05) is 19.0 Å². The summed E-state index contributed by atoms with van der Waals surface area (Å²) in [5.41, 5.74) is 1.34. The smallest absolute Gasteiger partial charge is 0.137 e. The number of piperidine rings is 1. The lowest BCUT2D eigenvalue weighted by Crippen LogP contribution is -2.34. The summed E-state index contributed by atoms with van der Waals surface area (Å²) in [4.78, 5) is 6.86. The van der Waals surface area contributed by atoms with Crippen molar-refractivity contribution in [1.82, 2.24) is 20.1 Å². The Morgan fingerprint density at radius 2 is 2.08 bits per heavy atom. The molecule has 0 unspecified atom stereocenters. The standard InChI is InChI=1S/C19H26N4O/c1-2-8-17(7-1)24-18-9-3-5-15(11-18)12-23-10-4-6-16(13-23)19-20-14-21-22-19/h3,5,9,11,14,16-17H,1-2,4,6-8,10,12-13H2,(H,20,21,22)/t16-/m0/s1. The third kappa shape index (κ3) is 3.78. The van der Waals surface area contributed by atoms with Crippen LogP contribution in [0.1, 0.15) is 55.8 Å². The minimum Gasteiger partial charge on any atom is -0.490 e. The summed E-state index contributed by atoms with van der Waals surface area (Å²) in [6, 6.07) is 8.64. The van der Waals surface area contributed by atoms with Gasteiger partial charge in [0.1, 0.15) is 17.9 Å². The van der Waals surface area contributed by atoms with Crippen molar-refractivity contribution in [1.29, 1.82) is 0 Å². The largest absolute Gasteiger partial charge is 0.490 e. The molecule has 1 saturated carbocycles. The maximum Gasteiger partial charge on any atom is 0.137 e. The molecule has 0 radical (unpaired) electrons. The molecule has 1 aromatic carbocycles. The molecule has 1 aliphatic carbocycles. The van der Waals surface area contributed by atoms with E-state index in [2.05, 4.69) is 44.3 Å². The van der Waals surface area contributed by atoms with E-state index in [4.69, 9.17) is 4.74 Å². The van der Waals surface area contributed by atoms with E-state index >= 15 is 0 Å². The minimum absolute atomic E-state index is 0.422. The lowest BCUT2D eigenvalue weighted by atomic mass is 9.97. The normalized spacial score (nSPS) is 22.8. The van der Waals surface area contributed by atoms with Crippen LogP contribution >= 0.6 is 0 Å². The molecule has 1 aliphatic heterocycles. The molecule has 4 rings (SSSR count). The molecule has 0 bridgehead atoms. The van der Waals surface area contributed by atoms with Gasteiger partial charge in [-0.15, -0.1) is 0 Å². The number of H-pyrrole nitrogens is 1. The third-order valence-electron chi connectivity index (χ3n) is 5.24. The van der Waals surface area contributed by atoms with Crippen LogP contribution in [0.25, 0.3) is 0 Å². The number of likely N-dealkylation sites (tertiary alicyclic amines) is 1. The number of ether oxygens (including phenoxy) is 1. The highest BCUT2D eigenvalue weighted by Crippen LogP contribution is 2.27. The number of nitrogens with zero attached hydrogens (tertiary/aromatic N) is 3. The van der Waals surface area contributed by atoms with E-state index in [1.54, 1.807) is 6.33 Å². The van der Waals surface area contributed by atoms with Crippen LogP contribution in [0.5, 0.6) is 5.75 Å². The topological polar surface area (TPSA) is 54.0 Å². The molecule has 5 nitrogen and oxygen atoms in total. The lowest BCUT2D eigenvalue weighted by molar-refractivity contribution is 0.194. The van der Waals surface area contributed by atoms with Crippen molar-refractivity contribution in [3.63, 3.8) is 0 Å². The summed E-state index contributed by atoms with van der Waals surface area (Å²) in [5, 5.41) is 7.03. The Morgan fingerprint density at radius 1 is 1.17 bits per heavy atom. The first-order valence-corrected chi connectivity index (χ1v) is 9.20. The molecule has 2 fully saturated rings. The van der Waals surface area contributed by atoms with Crippen LogP contribution in [-0.4, -0.2) is 39.3 Å². The molecular formula is C19H26N4O. The first kappa shape index (κ1) is 15.6. The van der Waals surface area contributed by atoms with Crippen LogP contribution < -0.4 is 4.74 Å². The highest BCUT2D eigenvalue weighted by Gasteiger charge is 2.23. The quantitative estimate of drug-likeness (QED) is 0.913. The van der Waals surface area contributed by atoms with Crippen molar-refractivity contribution < 1.29 is 4.74 Å². The van der Waals surface area contributed by atoms with E-state index in [0.29, 0.717) is 12.0 Å². The van der Waals surface area contributed by atoms with Gasteiger partial charge in [-0.3, -0.25) is 10.00 Å². The number of benzene rings is 1. The molecule has 5 heteroatoms. The summed E-state index contributed by atoms with van der Waals surface area (Å²) in [6.45, 7) is 3.17. The highest BCUT2D eigenvalue weighted by atomic mass is 16.5. The van der Waals surface area contributed by atoms with Crippen molar-refractivity contribution in [2.24, 2.45) is 0 Å². The van der Waals surface area contributed by atoms with Crippen molar-refractivity contribution >= 4 is 0 Å². The highest BCUT2D eigenvalue weighted by molar-refractivity contribution is 5.29. The summed E-state index contributed by atoms with van der Waals surface area (Å²) in [6.07, 6.45) is 9.46. The van der Waals surface area contributed by atoms with Crippen molar-refractivity contribution in [2.75, 3.05) is 13.1 Å². The van der Waals surface area contributed by atoms with Gasteiger partial charge in [0.05, 0.1) is 6.10 Å². The monoisotopic (exact) mass is 326 g/mol. The molecule has 1 N–H and O–H groups in total. The van der Waals surface area contributed by atoms with Gasteiger partial charge >= 0.3 is 0 Å². The molecule has 128 valence electrons. The number of hydrogen-bond acceptors (Lipinski definition) is 4. The van der Waals surface area contributed by atoms with Gasteiger partial charge in [-0.05, 0) is 62.8 Å². The molecule has 0 spiro atoms. The Labute approximate surface area is 143 Å². The second-order valence-corrected chi connectivity index (χ2v) is 7.12. The first-order valence-electron chi connectivity index (χ1n) is 9.20. The minimum atomic E-state index is 0.422. The van der Waals surface area contributed by atoms with E-state index in [-0.39, 0.29) is 0 Å². The van der Waals surface area contributed by atoms with Crippen molar-refractivity contribution in [3.8, 4) is 5.75 Å². The number of hydrogen-bond donors (Lipinski definition) is 1. The maximum absolute atomic E-state index is 6.14.